The molecule has 4 saturated carbocycles. The van der Waals surface area contributed by atoms with Gasteiger partial charge in [0.15, 0.2) is 5.78 Å². The number of hydrogen-bond donors (Lipinski definition) is 1. The maximum absolute atomic E-state index is 14.5. The zero-order valence-corrected chi connectivity index (χ0v) is 27.1. The van der Waals surface area contributed by atoms with Crippen LogP contribution in [0.3, 0.4) is 0 Å². The molecule has 4 heteroatoms. The smallest absolute Gasteiger partial charge is 0.311 e. The summed E-state index contributed by atoms with van der Waals surface area (Å²) in [6.45, 7) is 21.2. The minimum Gasteiger partial charge on any atom is -0.465 e. The number of esters is 1. The van der Waals surface area contributed by atoms with Crippen molar-refractivity contribution < 1.29 is 19.4 Å². The fourth-order valence-electron chi connectivity index (χ4n) is 11.2. The molecule has 0 bridgehead atoms. The van der Waals surface area contributed by atoms with Gasteiger partial charge in [-0.25, -0.2) is 0 Å². The van der Waals surface area contributed by atoms with Gasteiger partial charge < -0.3 is 9.84 Å². The van der Waals surface area contributed by atoms with Crippen molar-refractivity contribution >= 4 is 11.8 Å². The van der Waals surface area contributed by atoms with E-state index >= 15 is 0 Å². The summed E-state index contributed by atoms with van der Waals surface area (Å²) in [5.74, 6) is 1.29. The lowest BCUT2D eigenvalue weighted by molar-refractivity contribution is -0.202. The Balaban J connectivity index is 1.50. The summed E-state index contributed by atoms with van der Waals surface area (Å²) in [5, 5.41) is 11.0. The molecule has 0 aliphatic heterocycles. The van der Waals surface area contributed by atoms with E-state index < -0.39 is 5.41 Å². The highest BCUT2D eigenvalue weighted by Gasteiger charge is 2.70. The lowest BCUT2D eigenvalue weighted by atomic mass is 9.33. The van der Waals surface area contributed by atoms with Gasteiger partial charge in [-0.1, -0.05) is 73.8 Å². The van der Waals surface area contributed by atoms with Crippen LogP contribution in [0.15, 0.2) is 11.6 Å². The Morgan fingerprint density at radius 3 is 2.25 bits per heavy atom. The number of allylic oxidation sites excluding steroid dienone is 2. The van der Waals surface area contributed by atoms with Crippen molar-refractivity contribution in [3.8, 4) is 0 Å². The highest BCUT2D eigenvalue weighted by atomic mass is 16.5. The highest BCUT2D eigenvalue weighted by molar-refractivity contribution is 5.95. The standard InChI is InChI=1S/C36H58O4/c1-10-23(11-2)22-40-30(39)33(6)17-16-32(5)18-19-35(8)24(25(32)21-33)20-26(37)29-34(7)14-13-28(38)31(3,4)27(34)12-15-36(29,35)9/h20,23,25,27-29,38H,10-19,21-22H2,1-9H3/t25?,27?,28?,29?,32-,33+,34+,35-,36-/m1/s1. The van der Waals surface area contributed by atoms with E-state index in [1.807, 2.05) is 0 Å². The maximum Gasteiger partial charge on any atom is 0.311 e. The average molecular weight is 555 g/mol. The van der Waals surface area contributed by atoms with Crippen molar-refractivity contribution in [1.29, 1.82) is 0 Å². The molecule has 0 radical (unpaired) electrons. The van der Waals surface area contributed by atoms with Crippen molar-refractivity contribution in [2.45, 2.75) is 139 Å². The van der Waals surface area contributed by atoms with Gasteiger partial charge in [-0.2, -0.15) is 0 Å². The Morgan fingerprint density at radius 2 is 1.60 bits per heavy atom. The monoisotopic (exact) mass is 554 g/mol. The van der Waals surface area contributed by atoms with Crippen molar-refractivity contribution in [1.82, 2.24) is 0 Å². The molecule has 0 aromatic heterocycles. The predicted molar refractivity (Wildman–Crippen MR) is 160 cm³/mol. The molecule has 0 heterocycles. The van der Waals surface area contributed by atoms with Crippen molar-refractivity contribution in [2.75, 3.05) is 6.61 Å². The number of ketones is 1. The predicted octanol–water partition coefficient (Wildman–Crippen LogP) is 8.31. The highest BCUT2D eigenvalue weighted by Crippen LogP contribution is 2.75. The van der Waals surface area contributed by atoms with Crippen LogP contribution >= 0.6 is 0 Å². The van der Waals surface area contributed by atoms with Gasteiger partial charge >= 0.3 is 5.97 Å². The van der Waals surface area contributed by atoms with Crippen molar-refractivity contribution in [2.24, 2.45) is 56.2 Å². The first-order chi connectivity index (χ1) is 18.5. The van der Waals surface area contributed by atoms with E-state index in [1.54, 1.807) is 0 Å². The molecule has 5 aliphatic rings. The lowest BCUT2D eigenvalue weighted by Crippen LogP contribution is -2.66. The van der Waals surface area contributed by atoms with Crippen LogP contribution in [0.1, 0.15) is 133 Å². The van der Waals surface area contributed by atoms with Gasteiger partial charge in [0.05, 0.1) is 18.1 Å². The van der Waals surface area contributed by atoms with Gasteiger partial charge in [0.2, 0.25) is 0 Å². The zero-order chi connectivity index (χ0) is 29.5. The summed E-state index contributed by atoms with van der Waals surface area (Å²) in [5.41, 5.74) is 0.542. The second-order valence-electron chi connectivity index (χ2n) is 16.9. The Kier molecular flexibility index (Phi) is 7.33. The van der Waals surface area contributed by atoms with E-state index in [2.05, 4.69) is 68.4 Å². The van der Waals surface area contributed by atoms with Crippen molar-refractivity contribution in [3.05, 3.63) is 11.6 Å². The normalized spacial score (nSPS) is 47.9. The first kappa shape index (κ1) is 30.3. The number of fused-ring (bicyclic) bond motifs is 7. The second-order valence-corrected chi connectivity index (χ2v) is 16.9. The van der Waals surface area contributed by atoms with E-state index in [-0.39, 0.29) is 51.0 Å². The lowest BCUT2D eigenvalue weighted by Gasteiger charge is -2.70. The summed E-state index contributed by atoms with van der Waals surface area (Å²) in [7, 11) is 0. The minimum atomic E-state index is -0.497. The molecule has 0 aromatic carbocycles. The van der Waals surface area contributed by atoms with Crippen LogP contribution in [0, 0.1) is 56.2 Å². The van der Waals surface area contributed by atoms with Gasteiger partial charge in [0.1, 0.15) is 0 Å². The molecule has 4 fully saturated rings. The summed E-state index contributed by atoms with van der Waals surface area (Å²) in [4.78, 5) is 28.1. The van der Waals surface area contributed by atoms with Gasteiger partial charge in [0, 0.05) is 5.92 Å². The maximum atomic E-state index is 14.5. The number of carbonyl (C=O) groups is 2. The van der Waals surface area contributed by atoms with E-state index in [4.69, 9.17) is 4.74 Å². The van der Waals surface area contributed by atoms with Crippen LogP contribution in [-0.4, -0.2) is 29.6 Å². The van der Waals surface area contributed by atoms with Crippen LogP contribution in [0.25, 0.3) is 0 Å². The van der Waals surface area contributed by atoms with Crippen molar-refractivity contribution in [3.63, 3.8) is 0 Å². The third-order valence-corrected chi connectivity index (χ3v) is 14.7. The molecule has 4 nitrogen and oxygen atoms in total. The number of hydrogen-bond acceptors (Lipinski definition) is 4. The third kappa shape index (κ3) is 4.07. The molecule has 5 aliphatic carbocycles. The largest absolute Gasteiger partial charge is 0.465 e. The molecule has 0 aromatic rings. The summed E-state index contributed by atoms with van der Waals surface area (Å²) in [6.07, 6.45) is 12.6. The van der Waals surface area contributed by atoms with Crippen LogP contribution < -0.4 is 0 Å². The van der Waals surface area contributed by atoms with Crippen LogP contribution in [0.4, 0.5) is 0 Å². The molecule has 1 N–H and O–H groups in total. The molecule has 0 amide bonds. The summed E-state index contributed by atoms with van der Waals surface area (Å²) in [6, 6.07) is 0. The van der Waals surface area contributed by atoms with Gasteiger partial charge in [-0.3, -0.25) is 9.59 Å². The molecule has 0 saturated heterocycles. The molecule has 5 rings (SSSR count). The molecule has 40 heavy (non-hydrogen) atoms. The van der Waals surface area contributed by atoms with E-state index in [1.165, 1.54) is 5.57 Å². The third-order valence-electron chi connectivity index (χ3n) is 14.7. The number of aliphatic hydroxyl groups is 1. The van der Waals surface area contributed by atoms with Gasteiger partial charge in [-0.15, -0.1) is 0 Å². The Labute approximate surface area is 244 Å². The fraction of sp³-hybridized carbons (Fsp3) is 0.889. The second kappa shape index (κ2) is 9.68. The number of rotatable bonds is 5. The number of aliphatic hydroxyl groups excluding tert-OH is 1. The molecular formula is C36H58O4. The zero-order valence-electron chi connectivity index (χ0n) is 27.1. The average Bonchev–Trinajstić information content (AvgIpc) is 2.89. The molecule has 9 atom stereocenters. The Morgan fingerprint density at radius 1 is 0.950 bits per heavy atom. The van der Waals surface area contributed by atoms with Gasteiger partial charge in [0.25, 0.3) is 0 Å². The first-order valence-corrected chi connectivity index (χ1v) is 16.6. The minimum absolute atomic E-state index is 0.0106. The molecular weight excluding hydrogens is 496 g/mol. The van der Waals surface area contributed by atoms with Crippen LogP contribution in [-0.2, 0) is 14.3 Å². The Hall–Kier alpha value is -1.16. The van der Waals surface area contributed by atoms with Crippen LogP contribution in [0.2, 0.25) is 0 Å². The molecule has 4 unspecified atom stereocenters. The topological polar surface area (TPSA) is 63.6 Å². The van der Waals surface area contributed by atoms with Gasteiger partial charge in [-0.05, 0) is 116 Å². The number of ether oxygens (including phenoxy) is 1. The van der Waals surface area contributed by atoms with E-state index in [0.29, 0.717) is 24.2 Å². The summed E-state index contributed by atoms with van der Waals surface area (Å²) < 4.78 is 5.98. The quantitative estimate of drug-likeness (QED) is 0.347. The fourth-order valence-corrected chi connectivity index (χ4v) is 11.2. The summed E-state index contributed by atoms with van der Waals surface area (Å²) >= 11 is 0. The molecule has 226 valence electrons. The SMILES string of the molecule is CCC(CC)COC(=O)[C@@]1(C)CC[C@]2(C)CC[C@]3(C)C(=CC(=O)C4[C@@]5(C)CCC(O)C(C)(C)C5CC[C@]43C)C2C1. The van der Waals surface area contributed by atoms with E-state index in [0.717, 1.165) is 70.6 Å². The molecule has 0 spiro atoms. The van der Waals surface area contributed by atoms with E-state index in [9.17, 15) is 14.7 Å². The first-order valence-electron chi connectivity index (χ1n) is 16.6. The Bertz CT molecular complexity index is 1070. The van der Waals surface area contributed by atoms with Crippen LogP contribution in [0.5, 0.6) is 0 Å². The number of carbonyl (C=O) groups excluding carboxylic acids is 2.